The Morgan fingerprint density at radius 2 is 2.00 bits per heavy atom. The highest BCUT2D eigenvalue weighted by Gasteiger charge is 2.41. The summed E-state index contributed by atoms with van der Waals surface area (Å²) in [6.45, 7) is 0.434. The molecular weight excluding hydrogens is 112 g/mol. The molecule has 0 unspecified atom stereocenters. The normalized spacial score (nSPS) is 48.3. The first kappa shape index (κ1) is 5.72. The van der Waals surface area contributed by atoms with Gasteiger partial charge in [0.15, 0.2) is 0 Å². The molecule has 0 spiro atoms. The summed E-state index contributed by atoms with van der Waals surface area (Å²) in [4.78, 5) is 0. The van der Waals surface area contributed by atoms with Crippen LogP contribution in [0.2, 0.25) is 0 Å². The standard InChI is InChI=1S/C8H14O/c9-5-6-1-2-7-4-8(7)3-6/h6-9H,1-5H2/t6-,7-,8-/m1/s1. The van der Waals surface area contributed by atoms with Crippen LogP contribution in [0, 0.1) is 17.8 Å². The van der Waals surface area contributed by atoms with E-state index >= 15 is 0 Å². The lowest BCUT2D eigenvalue weighted by molar-refractivity contribution is 0.185. The van der Waals surface area contributed by atoms with Crippen LogP contribution < -0.4 is 0 Å². The van der Waals surface area contributed by atoms with Crippen LogP contribution in [0.25, 0.3) is 0 Å². The van der Waals surface area contributed by atoms with Crippen molar-refractivity contribution in [3.05, 3.63) is 0 Å². The molecule has 52 valence electrons. The lowest BCUT2D eigenvalue weighted by atomic mass is 9.90. The number of rotatable bonds is 1. The monoisotopic (exact) mass is 126 g/mol. The van der Waals surface area contributed by atoms with Crippen molar-refractivity contribution in [2.75, 3.05) is 6.61 Å². The van der Waals surface area contributed by atoms with Crippen molar-refractivity contribution in [3.8, 4) is 0 Å². The van der Waals surface area contributed by atoms with Crippen molar-refractivity contribution in [3.63, 3.8) is 0 Å². The minimum atomic E-state index is 0.434. The van der Waals surface area contributed by atoms with Gasteiger partial charge in [-0.25, -0.2) is 0 Å². The maximum atomic E-state index is 8.83. The Labute approximate surface area is 56.1 Å². The zero-order chi connectivity index (χ0) is 6.27. The second kappa shape index (κ2) is 1.98. The molecule has 0 saturated heterocycles. The van der Waals surface area contributed by atoms with Crippen LogP contribution in [0.4, 0.5) is 0 Å². The van der Waals surface area contributed by atoms with Crippen molar-refractivity contribution in [1.82, 2.24) is 0 Å². The number of fused-ring (bicyclic) bond motifs is 1. The van der Waals surface area contributed by atoms with Gasteiger partial charge in [0, 0.05) is 6.61 Å². The Bertz CT molecular complexity index is 111. The molecule has 1 heteroatoms. The van der Waals surface area contributed by atoms with Gasteiger partial charge in [0.25, 0.3) is 0 Å². The molecule has 2 rings (SSSR count). The minimum Gasteiger partial charge on any atom is -0.396 e. The maximum Gasteiger partial charge on any atom is 0.0459 e. The summed E-state index contributed by atoms with van der Waals surface area (Å²) >= 11 is 0. The Morgan fingerprint density at radius 1 is 1.11 bits per heavy atom. The average Bonchev–Trinajstić information content (AvgIpc) is 2.64. The lowest BCUT2D eigenvalue weighted by Crippen LogP contribution is -2.11. The Morgan fingerprint density at radius 3 is 2.67 bits per heavy atom. The molecule has 0 aromatic rings. The molecule has 0 aromatic heterocycles. The van der Waals surface area contributed by atoms with Gasteiger partial charge in [0.2, 0.25) is 0 Å². The quantitative estimate of drug-likeness (QED) is 0.563. The van der Waals surface area contributed by atoms with E-state index in [1.54, 1.807) is 0 Å². The summed E-state index contributed by atoms with van der Waals surface area (Å²) in [5, 5.41) is 8.83. The van der Waals surface area contributed by atoms with Crippen LogP contribution >= 0.6 is 0 Å². The lowest BCUT2D eigenvalue weighted by Gasteiger charge is -2.17. The SMILES string of the molecule is OC[C@@H]1CC[C@@H]2C[C@H]2C1. The molecule has 0 aromatic carbocycles. The van der Waals surface area contributed by atoms with E-state index in [2.05, 4.69) is 0 Å². The largest absolute Gasteiger partial charge is 0.396 e. The summed E-state index contributed by atoms with van der Waals surface area (Å²) in [6, 6.07) is 0. The van der Waals surface area contributed by atoms with E-state index in [0.29, 0.717) is 12.5 Å². The molecule has 9 heavy (non-hydrogen) atoms. The Balaban J connectivity index is 1.86. The van der Waals surface area contributed by atoms with Crippen LogP contribution in [0.1, 0.15) is 25.7 Å². The summed E-state index contributed by atoms with van der Waals surface area (Å²) < 4.78 is 0. The third kappa shape index (κ3) is 0.983. The van der Waals surface area contributed by atoms with Crippen molar-refractivity contribution in [2.45, 2.75) is 25.7 Å². The molecule has 2 fully saturated rings. The van der Waals surface area contributed by atoms with Gasteiger partial charge in [0.1, 0.15) is 0 Å². The molecule has 1 nitrogen and oxygen atoms in total. The van der Waals surface area contributed by atoms with E-state index < -0.39 is 0 Å². The number of hydrogen-bond donors (Lipinski definition) is 1. The molecule has 1 N–H and O–H groups in total. The van der Waals surface area contributed by atoms with Crippen LogP contribution in [-0.2, 0) is 0 Å². The first-order valence-corrected chi connectivity index (χ1v) is 4.01. The Kier molecular flexibility index (Phi) is 1.26. The third-order valence-electron chi connectivity index (χ3n) is 2.91. The summed E-state index contributed by atoms with van der Waals surface area (Å²) in [6.07, 6.45) is 5.48. The van der Waals surface area contributed by atoms with Crippen LogP contribution in [0.5, 0.6) is 0 Å². The van der Waals surface area contributed by atoms with E-state index in [1.165, 1.54) is 25.7 Å². The van der Waals surface area contributed by atoms with E-state index in [4.69, 9.17) is 5.11 Å². The fourth-order valence-corrected chi connectivity index (χ4v) is 2.11. The molecule has 0 heterocycles. The second-order valence-electron chi connectivity index (χ2n) is 3.62. The molecular formula is C8H14O. The molecule has 0 bridgehead atoms. The third-order valence-corrected chi connectivity index (χ3v) is 2.91. The highest BCUT2D eigenvalue weighted by Crippen LogP contribution is 2.51. The van der Waals surface area contributed by atoms with Gasteiger partial charge in [0.05, 0.1) is 0 Å². The molecule has 3 atom stereocenters. The van der Waals surface area contributed by atoms with Crippen LogP contribution in [-0.4, -0.2) is 11.7 Å². The average molecular weight is 126 g/mol. The number of aliphatic hydroxyl groups excluding tert-OH is 1. The van der Waals surface area contributed by atoms with Gasteiger partial charge >= 0.3 is 0 Å². The summed E-state index contributed by atoms with van der Waals surface area (Å²) in [7, 11) is 0. The van der Waals surface area contributed by atoms with Crippen molar-refractivity contribution in [1.29, 1.82) is 0 Å². The van der Waals surface area contributed by atoms with Gasteiger partial charge < -0.3 is 5.11 Å². The molecule has 2 aliphatic carbocycles. The predicted octanol–water partition coefficient (Wildman–Crippen LogP) is 1.41. The summed E-state index contributed by atoms with van der Waals surface area (Å²) in [5.74, 6) is 2.76. The molecule has 2 saturated carbocycles. The van der Waals surface area contributed by atoms with E-state index in [-0.39, 0.29) is 0 Å². The van der Waals surface area contributed by atoms with Gasteiger partial charge in [-0.2, -0.15) is 0 Å². The van der Waals surface area contributed by atoms with Gasteiger partial charge in [-0.15, -0.1) is 0 Å². The summed E-state index contributed by atoms with van der Waals surface area (Å²) in [5.41, 5.74) is 0. The zero-order valence-corrected chi connectivity index (χ0v) is 5.71. The highest BCUT2D eigenvalue weighted by molar-refractivity contribution is 4.91. The molecule has 0 aliphatic heterocycles. The fourth-order valence-electron chi connectivity index (χ4n) is 2.11. The maximum absolute atomic E-state index is 8.83. The molecule has 0 radical (unpaired) electrons. The zero-order valence-electron chi connectivity index (χ0n) is 5.71. The van der Waals surface area contributed by atoms with Gasteiger partial charge in [-0.1, -0.05) is 0 Å². The molecule has 2 aliphatic rings. The first-order valence-electron chi connectivity index (χ1n) is 4.01. The van der Waals surface area contributed by atoms with Crippen molar-refractivity contribution < 1.29 is 5.11 Å². The van der Waals surface area contributed by atoms with Crippen LogP contribution in [0.15, 0.2) is 0 Å². The molecule has 0 amide bonds. The second-order valence-corrected chi connectivity index (χ2v) is 3.62. The minimum absolute atomic E-state index is 0.434. The number of hydrogen-bond acceptors (Lipinski definition) is 1. The number of aliphatic hydroxyl groups is 1. The van der Waals surface area contributed by atoms with Crippen molar-refractivity contribution in [2.24, 2.45) is 17.8 Å². The van der Waals surface area contributed by atoms with Crippen LogP contribution in [0.3, 0.4) is 0 Å². The highest BCUT2D eigenvalue weighted by atomic mass is 16.3. The smallest absolute Gasteiger partial charge is 0.0459 e. The van der Waals surface area contributed by atoms with E-state index in [0.717, 1.165) is 11.8 Å². The van der Waals surface area contributed by atoms with Crippen molar-refractivity contribution >= 4 is 0 Å². The predicted molar refractivity (Wildman–Crippen MR) is 36.0 cm³/mol. The fraction of sp³-hybridized carbons (Fsp3) is 1.00. The first-order chi connectivity index (χ1) is 4.40. The van der Waals surface area contributed by atoms with E-state index in [1.807, 2.05) is 0 Å². The topological polar surface area (TPSA) is 20.2 Å². The van der Waals surface area contributed by atoms with E-state index in [9.17, 15) is 0 Å². The Hall–Kier alpha value is -0.0400. The van der Waals surface area contributed by atoms with Gasteiger partial charge in [-0.05, 0) is 43.4 Å². The van der Waals surface area contributed by atoms with Gasteiger partial charge in [-0.3, -0.25) is 0 Å².